The molecular weight excluding hydrogens is 594 g/mol. The van der Waals surface area contributed by atoms with E-state index in [4.69, 9.17) is 32.9 Å². The molecule has 4 rings (SSSR count). The standard InChI is InChI=1S/C30H30Cl2F3N3O4/c1-4-42-25-15-20(30(33,34)35)9-14-24(25)26-37-28(2,18-5-10-21(31)11-6-18)29(3,19-7-12-22(32)13-8-19)38(26)27(41)36-16-23(40)17-39/h5-15,23,39-40H,4,16-17H2,1-3H3,(H,36,41)/t23?,28-,29+/m0/s1. The summed E-state index contributed by atoms with van der Waals surface area (Å²) in [6, 6.07) is 16.0. The van der Waals surface area contributed by atoms with Gasteiger partial charge in [-0.25, -0.2) is 4.79 Å². The molecule has 3 N–H and O–H groups in total. The van der Waals surface area contributed by atoms with Crippen LogP contribution >= 0.6 is 23.2 Å². The lowest BCUT2D eigenvalue weighted by atomic mass is 9.71. The van der Waals surface area contributed by atoms with Crippen molar-refractivity contribution in [3.63, 3.8) is 0 Å². The molecule has 3 atom stereocenters. The lowest BCUT2D eigenvalue weighted by molar-refractivity contribution is -0.137. The molecule has 1 aliphatic heterocycles. The third-order valence-electron chi connectivity index (χ3n) is 7.50. The minimum absolute atomic E-state index is 0.0399. The monoisotopic (exact) mass is 623 g/mol. The number of amidine groups is 1. The van der Waals surface area contributed by atoms with E-state index in [-0.39, 0.29) is 30.3 Å². The molecule has 7 nitrogen and oxygen atoms in total. The van der Waals surface area contributed by atoms with Crippen molar-refractivity contribution in [2.75, 3.05) is 19.8 Å². The predicted octanol–water partition coefficient (Wildman–Crippen LogP) is 6.37. The third kappa shape index (κ3) is 5.81. The van der Waals surface area contributed by atoms with Gasteiger partial charge in [0.25, 0.3) is 0 Å². The molecule has 3 aromatic rings. The smallest absolute Gasteiger partial charge is 0.416 e. The van der Waals surface area contributed by atoms with Crippen LogP contribution in [-0.2, 0) is 17.3 Å². The Morgan fingerprint density at radius 3 is 2.12 bits per heavy atom. The number of aliphatic imine (C=N–C) groups is 1. The van der Waals surface area contributed by atoms with Crippen molar-refractivity contribution in [1.82, 2.24) is 10.2 Å². The number of carbonyl (C=O) groups excluding carboxylic acids is 1. The molecule has 42 heavy (non-hydrogen) atoms. The van der Waals surface area contributed by atoms with Crippen molar-refractivity contribution in [1.29, 1.82) is 0 Å². The highest BCUT2D eigenvalue weighted by Gasteiger charge is 2.59. The van der Waals surface area contributed by atoms with Crippen LogP contribution in [-0.4, -0.2) is 52.8 Å². The normalized spacial score (nSPS) is 21.2. The largest absolute Gasteiger partial charge is 0.493 e. The lowest BCUT2D eigenvalue weighted by Gasteiger charge is -2.45. The second-order valence-electron chi connectivity index (χ2n) is 10.1. The number of nitrogens with zero attached hydrogens (tertiary/aromatic N) is 2. The van der Waals surface area contributed by atoms with Crippen molar-refractivity contribution >= 4 is 35.1 Å². The van der Waals surface area contributed by atoms with Crippen molar-refractivity contribution < 1.29 is 32.9 Å². The van der Waals surface area contributed by atoms with Crippen LogP contribution in [0.4, 0.5) is 18.0 Å². The van der Waals surface area contributed by atoms with Crippen LogP contribution in [0.15, 0.2) is 71.7 Å². The summed E-state index contributed by atoms with van der Waals surface area (Å²) < 4.78 is 46.6. The van der Waals surface area contributed by atoms with Gasteiger partial charge in [-0.1, -0.05) is 47.5 Å². The van der Waals surface area contributed by atoms with Crippen LogP contribution < -0.4 is 10.1 Å². The number of amides is 2. The average molecular weight is 624 g/mol. The van der Waals surface area contributed by atoms with E-state index >= 15 is 0 Å². The third-order valence-corrected chi connectivity index (χ3v) is 8.01. The first-order chi connectivity index (χ1) is 19.8. The SMILES string of the molecule is CCOc1cc(C(F)(F)F)ccc1C1=N[C@@](C)(c2ccc(Cl)cc2)[C@@](C)(c2ccc(Cl)cc2)N1C(=O)NCC(O)CO. The molecule has 1 heterocycles. The minimum atomic E-state index is -4.63. The number of carbonyl (C=O) groups is 1. The molecule has 0 fully saturated rings. The molecule has 0 radical (unpaired) electrons. The molecular formula is C30H30Cl2F3N3O4. The molecule has 224 valence electrons. The zero-order chi connectivity index (χ0) is 30.9. The highest BCUT2D eigenvalue weighted by molar-refractivity contribution is 6.30. The Labute approximate surface area is 251 Å². The van der Waals surface area contributed by atoms with E-state index in [1.807, 2.05) is 6.92 Å². The van der Waals surface area contributed by atoms with E-state index in [1.165, 1.54) is 11.0 Å². The van der Waals surface area contributed by atoms with E-state index in [2.05, 4.69) is 5.32 Å². The molecule has 1 unspecified atom stereocenters. The summed E-state index contributed by atoms with van der Waals surface area (Å²) in [5.41, 5.74) is -2.01. The summed E-state index contributed by atoms with van der Waals surface area (Å²) >= 11 is 12.4. The van der Waals surface area contributed by atoms with Gasteiger partial charge in [-0.15, -0.1) is 0 Å². The van der Waals surface area contributed by atoms with E-state index in [9.17, 15) is 28.2 Å². The second-order valence-corrected chi connectivity index (χ2v) is 11.0. The molecule has 0 aliphatic carbocycles. The van der Waals surface area contributed by atoms with Gasteiger partial charge in [-0.05, 0) is 74.4 Å². The number of rotatable bonds is 8. The fourth-order valence-electron chi connectivity index (χ4n) is 5.09. The molecule has 12 heteroatoms. The van der Waals surface area contributed by atoms with Crippen molar-refractivity contribution in [2.24, 2.45) is 4.99 Å². The van der Waals surface area contributed by atoms with Gasteiger partial charge in [0, 0.05) is 16.6 Å². The van der Waals surface area contributed by atoms with E-state index < -0.39 is 41.6 Å². The van der Waals surface area contributed by atoms with Gasteiger partial charge in [0.2, 0.25) is 0 Å². The summed E-state index contributed by atoms with van der Waals surface area (Å²) in [6.07, 6.45) is -5.87. The van der Waals surface area contributed by atoms with Crippen LogP contribution in [0.2, 0.25) is 10.0 Å². The number of ether oxygens (including phenoxy) is 1. The zero-order valence-corrected chi connectivity index (χ0v) is 24.6. The fraction of sp³-hybridized carbons (Fsp3) is 0.333. The minimum Gasteiger partial charge on any atom is -0.493 e. The summed E-state index contributed by atoms with van der Waals surface area (Å²) in [7, 11) is 0. The van der Waals surface area contributed by atoms with Crippen LogP contribution in [0.25, 0.3) is 0 Å². The Morgan fingerprint density at radius 2 is 1.60 bits per heavy atom. The van der Waals surface area contributed by atoms with E-state index in [1.54, 1.807) is 62.4 Å². The molecule has 3 aromatic carbocycles. The Bertz CT molecular complexity index is 1470. The quantitative estimate of drug-likeness (QED) is 0.272. The van der Waals surface area contributed by atoms with Gasteiger partial charge in [0.15, 0.2) is 0 Å². The molecule has 1 aliphatic rings. The van der Waals surface area contributed by atoms with Gasteiger partial charge < -0.3 is 20.3 Å². The van der Waals surface area contributed by atoms with Crippen molar-refractivity contribution in [3.8, 4) is 5.75 Å². The number of aliphatic hydroxyl groups excluding tert-OH is 2. The summed E-state index contributed by atoms with van der Waals surface area (Å²) in [4.78, 5) is 20.5. The number of benzene rings is 3. The van der Waals surface area contributed by atoms with Crippen molar-refractivity contribution in [3.05, 3.63) is 99.0 Å². The van der Waals surface area contributed by atoms with Crippen LogP contribution in [0.5, 0.6) is 5.75 Å². The maximum Gasteiger partial charge on any atom is 0.416 e. The molecule has 2 amide bonds. The van der Waals surface area contributed by atoms with Gasteiger partial charge in [-0.3, -0.25) is 9.89 Å². The number of nitrogens with one attached hydrogen (secondary N) is 1. The van der Waals surface area contributed by atoms with Crippen LogP contribution in [0, 0.1) is 0 Å². The predicted molar refractivity (Wildman–Crippen MR) is 155 cm³/mol. The molecule has 0 saturated heterocycles. The second kappa shape index (κ2) is 12.1. The Morgan fingerprint density at radius 1 is 1.02 bits per heavy atom. The fourth-order valence-corrected chi connectivity index (χ4v) is 5.34. The molecule has 0 aromatic heterocycles. The van der Waals surface area contributed by atoms with Gasteiger partial charge in [-0.2, -0.15) is 13.2 Å². The number of alkyl halides is 3. The average Bonchev–Trinajstić information content (AvgIpc) is 3.20. The number of hydrogen-bond donors (Lipinski definition) is 3. The Kier molecular flexibility index (Phi) is 9.13. The van der Waals surface area contributed by atoms with E-state index in [0.29, 0.717) is 21.2 Å². The van der Waals surface area contributed by atoms with Gasteiger partial charge in [0.05, 0.1) is 30.4 Å². The number of halogens is 5. The molecule has 0 spiro atoms. The Balaban J connectivity index is 2.03. The van der Waals surface area contributed by atoms with Crippen LogP contribution in [0.3, 0.4) is 0 Å². The first kappa shape index (κ1) is 31.6. The highest BCUT2D eigenvalue weighted by atomic mass is 35.5. The first-order valence-corrected chi connectivity index (χ1v) is 13.8. The summed E-state index contributed by atoms with van der Waals surface area (Å²) in [5.74, 6) is -0.0730. The van der Waals surface area contributed by atoms with E-state index in [0.717, 1.165) is 12.1 Å². The lowest BCUT2D eigenvalue weighted by Crippen LogP contribution is -2.58. The molecule has 0 bridgehead atoms. The number of aliphatic hydroxyl groups is 2. The number of urea groups is 1. The molecule has 0 saturated carbocycles. The van der Waals surface area contributed by atoms with Crippen molar-refractivity contribution in [2.45, 2.75) is 44.1 Å². The van der Waals surface area contributed by atoms with Gasteiger partial charge >= 0.3 is 12.2 Å². The zero-order valence-electron chi connectivity index (χ0n) is 23.0. The Hall–Kier alpha value is -3.31. The first-order valence-electron chi connectivity index (χ1n) is 13.1. The highest BCUT2D eigenvalue weighted by Crippen LogP contribution is 2.53. The van der Waals surface area contributed by atoms with Crippen LogP contribution in [0.1, 0.15) is 43.0 Å². The summed E-state index contributed by atoms with van der Waals surface area (Å²) in [6.45, 7) is 4.40. The summed E-state index contributed by atoms with van der Waals surface area (Å²) in [5, 5.41) is 22.9. The van der Waals surface area contributed by atoms with Gasteiger partial charge in [0.1, 0.15) is 22.7 Å². The number of hydrogen-bond acceptors (Lipinski definition) is 5. The maximum absolute atomic E-state index is 14.0. The maximum atomic E-state index is 14.0. The topological polar surface area (TPSA) is 94.4 Å².